The molecule has 0 spiro atoms. The van der Waals surface area contributed by atoms with E-state index in [1.54, 1.807) is 0 Å². The van der Waals surface area contributed by atoms with Crippen molar-refractivity contribution < 1.29 is 4.79 Å². The Bertz CT molecular complexity index is 406. The van der Waals surface area contributed by atoms with Gasteiger partial charge in [0.05, 0.1) is 6.42 Å². The smallest absolute Gasteiger partial charge is 0.224 e. The molecule has 0 radical (unpaired) electrons. The van der Waals surface area contributed by atoms with Crippen LogP contribution < -0.4 is 5.32 Å². The zero-order valence-corrected chi connectivity index (χ0v) is 11.8. The van der Waals surface area contributed by atoms with Crippen LogP contribution in [0.1, 0.15) is 18.4 Å². The minimum atomic E-state index is 0.0531. The molecule has 1 unspecified atom stereocenters. The van der Waals surface area contributed by atoms with E-state index < -0.39 is 0 Å². The number of halogens is 2. The van der Waals surface area contributed by atoms with Crippen molar-refractivity contribution in [3.05, 3.63) is 34.9 Å². The molecule has 0 bridgehead atoms. The molecule has 1 aromatic carbocycles. The second kappa shape index (κ2) is 5.87. The number of carbonyl (C=O) groups excluding carboxylic acids is 1. The molecule has 1 aliphatic carbocycles. The van der Waals surface area contributed by atoms with Crippen LogP contribution in [0.4, 0.5) is 0 Å². The fourth-order valence-electron chi connectivity index (χ4n) is 1.73. The van der Waals surface area contributed by atoms with Crippen LogP contribution in [0.2, 0.25) is 5.02 Å². The van der Waals surface area contributed by atoms with Crippen LogP contribution in [0.25, 0.3) is 0 Å². The summed E-state index contributed by atoms with van der Waals surface area (Å²) >= 11 is 9.46. The van der Waals surface area contributed by atoms with Crippen LogP contribution in [0.5, 0.6) is 0 Å². The summed E-state index contributed by atoms with van der Waals surface area (Å²) in [5.41, 5.74) is 0.951. The number of amides is 1. The van der Waals surface area contributed by atoms with Gasteiger partial charge in [-0.3, -0.25) is 4.79 Å². The van der Waals surface area contributed by atoms with E-state index in [1.807, 2.05) is 24.3 Å². The predicted octanol–water partition coefficient (Wildman–Crippen LogP) is 3.17. The number of alkyl halides is 1. The second-order valence-corrected chi connectivity index (χ2v) is 6.08. The van der Waals surface area contributed by atoms with Gasteiger partial charge in [0.2, 0.25) is 5.91 Å². The van der Waals surface area contributed by atoms with E-state index >= 15 is 0 Å². The summed E-state index contributed by atoms with van der Waals surface area (Å²) in [5.74, 6) is 0.804. The molecule has 4 heteroatoms. The van der Waals surface area contributed by atoms with E-state index in [1.165, 1.54) is 12.8 Å². The summed E-state index contributed by atoms with van der Waals surface area (Å²) in [4.78, 5) is 12.1. The summed E-state index contributed by atoms with van der Waals surface area (Å²) < 4.78 is 0. The van der Waals surface area contributed by atoms with Crippen molar-refractivity contribution in [3.8, 4) is 0 Å². The number of nitrogens with one attached hydrogen (secondary N) is 1. The molecule has 1 amide bonds. The second-order valence-electron chi connectivity index (χ2n) is 4.46. The molecule has 1 saturated carbocycles. The van der Waals surface area contributed by atoms with Gasteiger partial charge in [-0.1, -0.05) is 39.7 Å². The van der Waals surface area contributed by atoms with Gasteiger partial charge in [0.25, 0.3) is 0 Å². The maximum atomic E-state index is 11.7. The fraction of sp³-hybridized carbons (Fsp3) is 0.462. The summed E-state index contributed by atoms with van der Waals surface area (Å²) in [7, 11) is 0. The highest BCUT2D eigenvalue weighted by Gasteiger charge is 2.29. The van der Waals surface area contributed by atoms with E-state index in [2.05, 4.69) is 21.2 Å². The van der Waals surface area contributed by atoms with Gasteiger partial charge in [0.1, 0.15) is 0 Å². The number of rotatable bonds is 5. The molecule has 0 saturated heterocycles. The van der Waals surface area contributed by atoms with Crippen LogP contribution >= 0.6 is 27.5 Å². The highest BCUT2D eigenvalue weighted by molar-refractivity contribution is 9.09. The van der Waals surface area contributed by atoms with Gasteiger partial charge >= 0.3 is 0 Å². The lowest BCUT2D eigenvalue weighted by Gasteiger charge is -2.10. The summed E-state index contributed by atoms with van der Waals surface area (Å²) in [6.45, 7) is 0.712. The molecule has 1 aliphatic rings. The van der Waals surface area contributed by atoms with Crippen molar-refractivity contribution >= 4 is 33.4 Å². The van der Waals surface area contributed by atoms with Crippen LogP contribution in [0.3, 0.4) is 0 Å². The molecule has 92 valence electrons. The predicted molar refractivity (Wildman–Crippen MR) is 73.6 cm³/mol. The summed E-state index contributed by atoms with van der Waals surface area (Å²) in [6.07, 6.45) is 2.95. The standard InChI is InChI=1S/C13H15BrClNO/c14-12(10-4-5-10)8-16-13(17)7-9-2-1-3-11(15)6-9/h1-3,6,10,12H,4-5,7-8H2,(H,16,17). The third kappa shape index (κ3) is 4.32. The quantitative estimate of drug-likeness (QED) is 0.831. The van der Waals surface area contributed by atoms with Crippen molar-refractivity contribution in [2.45, 2.75) is 24.1 Å². The highest BCUT2D eigenvalue weighted by Crippen LogP contribution is 2.36. The average molecular weight is 317 g/mol. The van der Waals surface area contributed by atoms with Crippen molar-refractivity contribution in [3.63, 3.8) is 0 Å². The Morgan fingerprint density at radius 2 is 2.29 bits per heavy atom. The van der Waals surface area contributed by atoms with Gasteiger partial charge in [0, 0.05) is 16.4 Å². The molecule has 0 aliphatic heterocycles. The molecule has 1 aromatic rings. The largest absolute Gasteiger partial charge is 0.355 e. The van der Waals surface area contributed by atoms with E-state index in [4.69, 9.17) is 11.6 Å². The third-order valence-corrected chi connectivity index (χ3v) is 4.19. The molecule has 1 atom stereocenters. The zero-order chi connectivity index (χ0) is 12.3. The normalized spacial score (nSPS) is 16.6. The lowest BCUT2D eigenvalue weighted by atomic mass is 10.1. The maximum absolute atomic E-state index is 11.7. The maximum Gasteiger partial charge on any atom is 0.224 e. The monoisotopic (exact) mass is 315 g/mol. The number of carbonyl (C=O) groups is 1. The molecule has 17 heavy (non-hydrogen) atoms. The minimum Gasteiger partial charge on any atom is -0.355 e. The SMILES string of the molecule is O=C(Cc1cccc(Cl)c1)NCC(Br)C1CC1. The lowest BCUT2D eigenvalue weighted by molar-refractivity contribution is -0.120. The average Bonchev–Trinajstić information content (AvgIpc) is 3.09. The van der Waals surface area contributed by atoms with Crippen molar-refractivity contribution in [2.24, 2.45) is 5.92 Å². The van der Waals surface area contributed by atoms with Gasteiger partial charge in [-0.2, -0.15) is 0 Å². The van der Waals surface area contributed by atoms with Crippen molar-refractivity contribution in [1.82, 2.24) is 5.32 Å². The van der Waals surface area contributed by atoms with Crippen LogP contribution in [0.15, 0.2) is 24.3 Å². The Hall–Kier alpha value is -0.540. The topological polar surface area (TPSA) is 29.1 Å². The third-order valence-electron chi connectivity index (χ3n) is 2.88. The Labute approximate surface area is 115 Å². The molecule has 0 heterocycles. The van der Waals surface area contributed by atoms with Gasteiger partial charge in [-0.05, 0) is 36.5 Å². The lowest BCUT2D eigenvalue weighted by Crippen LogP contribution is -2.31. The first-order valence-electron chi connectivity index (χ1n) is 5.80. The molecule has 1 N–H and O–H groups in total. The fourth-order valence-corrected chi connectivity index (χ4v) is 2.63. The summed E-state index contributed by atoms with van der Waals surface area (Å²) in [6, 6.07) is 7.42. The first-order valence-corrected chi connectivity index (χ1v) is 7.10. The van der Waals surface area contributed by atoms with Crippen molar-refractivity contribution in [1.29, 1.82) is 0 Å². The Balaban J connectivity index is 1.76. The molecule has 2 nitrogen and oxygen atoms in total. The highest BCUT2D eigenvalue weighted by atomic mass is 79.9. The van der Waals surface area contributed by atoms with E-state index in [-0.39, 0.29) is 5.91 Å². The van der Waals surface area contributed by atoms with Gasteiger partial charge in [-0.15, -0.1) is 0 Å². The summed E-state index contributed by atoms with van der Waals surface area (Å²) in [5, 5.41) is 3.62. The van der Waals surface area contributed by atoms with E-state index in [0.29, 0.717) is 22.8 Å². The first kappa shape index (κ1) is 12.9. The van der Waals surface area contributed by atoms with Crippen LogP contribution in [0, 0.1) is 5.92 Å². The Morgan fingerprint density at radius 1 is 1.53 bits per heavy atom. The molecule has 2 rings (SSSR count). The van der Waals surface area contributed by atoms with Gasteiger partial charge < -0.3 is 5.32 Å². The molecule has 0 aromatic heterocycles. The number of hydrogen-bond donors (Lipinski definition) is 1. The molecular formula is C13H15BrClNO. The van der Waals surface area contributed by atoms with Crippen LogP contribution in [-0.2, 0) is 11.2 Å². The minimum absolute atomic E-state index is 0.0531. The number of benzene rings is 1. The van der Waals surface area contributed by atoms with Gasteiger partial charge in [0.15, 0.2) is 0 Å². The Kier molecular flexibility index (Phi) is 4.46. The zero-order valence-electron chi connectivity index (χ0n) is 9.46. The van der Waals surface area contributed by atoms with Crippen molar-refractivity contribution in [2.75, 3.05) is 6.54 Å². The first-order chi connectivity index (χ1) is 8.15. The number of hydrogen-bond acceptors (Lipinski definition) is 1. The molecular weight excluding hydrogens is 302 g/mol. The van der Waals surface area contributed by atoms with Gasteiger partial charge in [-0.25, -0.2) is 0 Å². The van der Waals surface area contributed by atoms with Crippen LogP contribution in [-0.4, -0.2) is 17.3 Å². The molecule has 1 fully saturated rings. The van der Waals surface area contributed by atoms with E-state index in [0.717, 1.165) is 11.5 Å². The Morgan fingerprint density at radius 3 is 2.94 bits per heavy atom. The van der Waals surface area contributed by atoms with E-state index in [9.17, 15) is 4.79 Å².